The molecule has 3 heterocycles. The smallest absolute Gasteiger partial charge is 0.256 e. The molecule has 2 aromatic carbocycles. The van der Waals surface area contributed by atoms with E-state index >= 15 is 0 Å². The van der Waals surface area contributed by atoms with Gasteiger partial charge in [0.25, 0.3) is 11.8 Å². The molecule has 0 atom stereocenters. The van der Waals surface area contributed by atoms with E-state index in [4.69, 9.17) is 16.0 Å². The van der Waals surface area contributed by atoms with Gasteiger partial charge in [0.2, 0.25) is 0 Å². The monoisotopic (exact) mass is 501 g/mol. The normalized spacial score (nSPS) is 19.6. The Kier molecular flexibility index (Phi) is 5.94. The van der Waals surface area contributed by atoms with Gasteiger partial charge < -0.3 is 19.5 Å². The molecular weight excluding hydrogens is 474 g/mol. The van der Waals surface area contributed by atoms with Crippen LogP contribution in [-0.2, 0) is 4.79 Å². The van der Waals surface area contributed by atoms with Gasteiger partial charge in [0.1, 0.15) is 11.5 Å². The number of rotatable bonds is 4. The summed E-state index contributed by atoms with van der Waals surface area (Å²) in [6.07, 6.45) is 3.02. The zero-order valence-electron chi connectivity index (χ0n) is 20.2. The number of amides is 2. The Bertz CT molecular complexity index is 1390. The Morgan fingerprint density at radius 3 is 2.72 bits per heavy atom. The first-order valence-electron chi connectivity index (χ1n) is 12.5. The Hall–Kier alpha value is -3.35. The standard InChI is InChI=1S/C29H28ClN3O3/c1-32-12-3-13-33(15-14-32)29(35)20-5-2-4-19(16-20)24-10-11-25(36-24)26(18-6-7-18)27-22-17-21(30)8-9-23(22)31-28(27)34/h2,4-5,8-11,16-18H,3,6-7,12-15H2,1H3,(H,31,34). The van der Waals surface area contributed by atoms with E-state index in [1.165, 1.54) is 0 Å². The first-order valence-corrected chi connectivity index (χ1v) is 12.9. The number of anilines is 1. The van der Waals surface area contributed by atoms with Crippen LogP contribution in [0.1, 0.15) is 40.9 Å². The van der Waals surface area contributed by atoms with Crippen LogP contribution in [0.2, 0.25) is 5.02 Å². The average Bonchev–Trinajstić information content (AvgIpc) is 3.56. The number of halogens is 1. The van der Waals surface area contributed by atoms with Gasteiger partial charge in [-0.15, -0.1) is 0 Å². The number of nitrogens with one attached hydrogen (secondary N) is 1. The number of carbonyl (C=O) groups is 2. The lowest BCUT2D eigenvalue weighted by Gasteiger charge is -2.20. The molecular formula is C29H28ClN3O3. The average molecular weight is 502 g/mol. The minimum Gasteiger partial charge on any atom is -0.456 e. The minimum absolute atomic E-state index is 0.0517. The van der Waals surface area contributed by atoms with Gasteiger partial charge in [-0.1, -0.05) is 23.7 Å². The molecule has 7 heteroatoms. The van der Waals surface area contributed by atoms with Crippen LogP contribution in [0.5, 0.6) is 0 Å². The van der Waals surface area contributed by atoms with Gasteiger partial charge >= 0.3 is 0 Å². The van der Waals surface area contributed by atoms with Crippen molar-refractivity contribution >= 4 is 40.2 Å². The summed E-state index contributed by atoms with van der Waals surface area (Å²) < 4.78 is 6.35. The molecule has 1 saturated carbocycles. The summed E-state index contributed by atoms with van der Waals surface area (Å²) >= 11 is 6.26. The molecule has 0 radical (unpaired) electrons. The summed E-state index contributed by atoms with van der Waals surface area (Å²) in [4.78, 5) is 30.4. The predicted molar refractivity (Wildman–Crippen MR) is 142 cm³/mol. The highest BCUT2D eigenvalue weighted by Gasteiger charge is 2.37. The van der Waals surface area contributed by atoms with Crippen molar-refractivity contribution in [1.29, 1.82) is 0 Å². The van der Waals surface area contributed by atoms with E-state index in [0.717, 1.165) is 67.8 Å². The van der Waals surface area contributed by atoms with Crippen molar-refractivity contribution in [2.24, 2.45) is 5.92 Å². The number of allylic oxidation sites excluding steroid dienone is 1. The zero-order chi connectivity index (χ0) is 24.8. The van der Waals surface area contributed by atoms with Crippen LogP contribution in [0.4, 0.5) is 5.69 Å². The lowest BCUT2D eigenvalue weighted by Crippen LogP contribution is -2.34. The number of likely N-dealkylation sites (N-methyl/N-ethyl adjacent to an activating group) is 1. The van der Waals surface area contributed by atoms with E-state index in [-0.39, 0.29) is 17.7 Å². The molecule has 0 bridgehead atoms. The molecule has 1 N–H and O–H groups in total. The molecule has 0 spiro atoms. The maximum Gasteiger partial charge on any atom is 0.256 e. The third-order valence-corrected chi connectivity index (χ3v) is 7.49. The lowest BCUT2D eigenvalue weighted by molar-refractivity contribution is -0.110. The van der Waals surface area contributed by atoms with Crippen LogP contribution in [0, 0.1) is 5.92 Å². The highest BCUT2D eigenvalue weighted by Crippen LogP contribution is 2.49. The van der Waals surface area contributed by atoms with Crippen molar-refractivity contribution < 1.29 is 14.0 Å². The SMILES string of the molecule is CN1CCCN(C(=O)c2cccc(-c3ccc(C(=C4C(=O)Nc5ccc(Cl)cc54)C4CC4)o3)c2)CC1. The van der Waals surface area contributed by atoms with Crippen LogP contribution in [0.25, 0.3) is 22.5 Å². The van der Waals surface area contributed by atoms with Crippen LogP contribution in [0.3, 0.4) is 0 Å². The summed E-state index contributed by atoms with van der Waals surface area (Å²) in [7, 11) is 2.09. The van der Waals surface area contributed by atoms with Crippen molar-refractivity contribution in [1.82, 2.24) is 9.80 Å². The Balaban J connectivity index is 1.33. The van der Waals surface area contributed by atoms with Crippen LogP contribution in [-0.4, -0.2) is 54.8 Å². The van der Waals surface area contributed by atoms with Crippen molar-refractivity contribution in [3.05, 3.63) is 76.5 Å². The molecule has 1 aromatic heterocycles. The van der Waals surface area contributed by atoms with Crippen molar-refractivity contribution in [2.45, 2.75) is 19.3 Å². The summed E-state index contributed by atoms with van der Waals surface area (Å²) in [5.74, 6) is 1.58. The molecule has 2 aliphatic heterocycles. The largest absolute Gasteiger partial charge is 0.456 e. The Morgan fingerprint density at radius 1 is 1.03 bits per heavy atom. The van der Waals surface area contributed by atoms with Gasteiger partial charge in [-0.2, -0.15) is 0 Å². The molecule has 1 aliphatic carbocycles. The van der Waals surface area contributed by atoms with E-state index in [1.807, 2.05) is 53.4 Å². The first kappa shape index (κ1) is 23.1. The number of furan rings is 1. The Morgan fingerprint density at radius 2 is 1.89 bits per heavy atom. The zero-order valence-corrected chi connectivity index (χ0v) is 21.0. The number of fused-ring (bicyclic) bond motifs is 1. The maximum absolute atomic E-state index is 13.2. The van der Waals surface area contributed by atoms with E-state index in [2.05, 4.69) is 17.3 Å². The highest BCUT2D eigenvalue weighted by atomic mass is 35.5. The predicted octanol–water partition coefficient (Wildman–Crippen LogP) is 5.65. The maximum atomic E-state index is 13.2. The van der Waals surface area contributed by atoms with Crippen molar-refractivity contribution in [3.8, 4) is 11.3 Å². The fourth-order valence-corrected chi connectivity index (χ4v) is 5.35. The second kappa shape index (κ2) is 9.26. The molecule has 2 fully saturated rings. The van der Waals surface area contributed by atoms with Crippen LogP contribution >= 0.6 is 11.6 Å². The van der Waals surface area contributed by atoms with Gasteiger partial charge in [-0.05, 0) is 81.2 Å². The minimum atomic E-state index is -0.122. The molecule has 6 nitrogen and oxygen atoms in total. The molecule has 3 aromatic rings. The quantitative estimate of drug-likeness (QED) is 0.469. The second-order valence-electron chi connectivity index (χ2n) is 9.90. The first-order chi connectivity index (χ1) is 17.5. The van der Waals surface area contributed by atoms with Crippen LogP contribution in [0.15, 0.2) is 59.0 Å². The van der Waals surface area contributed by atoms with Crippen molar-refractivity contribution in [2.75, 3.05) is 38.5 Å². The summed E-state index contributed by atoms with van der Waals surface area (Å²) in [5, 5.41) is 3.56. The van der Waals surface area contributed by atoms with Gasteiger partial charge in [0.05, 0.1) is 5.57 Å². The molecule has 1 saturated heterocycles. The number of hydrogen-bond donors (Lipinski definition) is 1. The molecule has 2 amide bonds. The lowest BCUT2D eigenvalue weighted by atomic mass is 9.96. The molecule has 36 heavy (non-hydrogen) atoms. The summed E-state index contributed by atoms with van der Waals surface area (Å²) in [6.45, 7) is 3.39. The van der Waals surface area contributed by atoms with E-state index < -0.39 is 0 Å². The molecule has 0 unspecified atom stereocenters. The van der Waals surface area contributed by atoms with Gasteiger partial charge in [0, 0.05) is 52.6 Å². The van der Waals surface area contributed by atoms with E-state index in [1.54, 1.807) is 6.07 Å². The second-order valence-corrected chi connectivity index (χ2v) is 10.3. The number of hydrogen-bond acceptors (Lipinski definition) is 4. The van der Waals surface area contributed by atoms with Crippen molar-refractivity contribution in [3.63, 3.8) is 0 Å². The van der Waals surface area contributed by atoms with E-state index in [0.29, 0.717) is 27.7 Å². The molecule has 6 rings (SSSR count). The molecule has 3 aliphatic rings. The highest BCUT2D eigenvalue weighted by molar-refractivity contribution is 6.38. The third-order valence-electron chi connectivity index (χ3n) is 7.25. The fourth-order valence-electron chi connectivity index (χ4n) is 5.18. The summed E-state index contributed by atoms with van der Waals surface area (Å²) in [5.41, 5.74) is 4.68. The van der Waals surface area contributed by atoms with Gasteiger partial charge in [-0.3, -0.25) is 9.59 Å². The number of benzene rings is 2. The van der Waals surface area contributed by atoms with Gasteiger partial charge in [0.15, 0.2) is 0 Å². The fraction of sp³-hybridized carbons (Fsp3) is 0.310. The topological polar surface area (TPSA) is 65.8 Å². The van der Waals surface area contributed by atoms with Gasteiger partial charge in [-0.25, -0.2) is 0 Å². The van der Waals surface area contributed by atoms with E-state index in [9.17, 15) is 9.59 Å². The van der Waals surface area contributed by atoms with Crippen LogP contribution < -0.4 is 5.32 Å². The third kappa shape index (κ3) is 4.36. The molecule has 184 valence electrons. The number of nitrogens with zero attached hydrogens (tertiary/aromatic N) is 2. The Labute approximate surface area is 215 Å². The summed E-state index contributed by atoms with van der Waals surface area (Å²) in [6, 6.07) is 16.9. The number of carbonyl (C=O) groups excluding carboxylic acids is 2.